The molecule has 0 unspecified atom stereocenters. The van der Waals surface area contributed by atoms with Crippen molar-refractivity contribution in [2.45, 2.75) is 39.2 Å². The first-order chi connectivity index (χ1) is 9.97. The molecule has 1 saturated carbocycles. The van der Waals surface area contributed by atoms with Gasteiger partial charge in [-0.3, -0.25) is 4.79 Å². The van der Waals surface area contributed by atoms with Crippen LogP contribution in [0.15, 0.2) is 22.7 Å². The molecule has 1 aliphatic rings. The van der Waals surface area contributed by atoms with Crippen molar-refractivity contribution >= 4 is 33.4 Å². The van der Waals surface area contributed by atoms with Gasteiger partial charge in [0.25, 0.3) is 5.91 Å². The first-order valence-electron chi connectivity index (χ1n) is 7.34. The largest absolute Gasteiger partial charge is 0.482 e. The van der Waals surface area contributed by atoms with Gasteiger partial charge < -0.3 is 10.1 Å². The Morgan fingerprint density at radius 3 is 2.90 bits per heavy atom. The van der Waals surface area contributed by atoms with E-state index in [-0.39, 0.29) is 18.6 Å². The van der Waals surface area contributed by atoms with Crippen LogP contribution in [0, 0.1) is 11.8 Å². The van der Waals surface area contributed by atoms with Crippen molar-refractivity contribution in [1.29, 1.82) is 0 Å². The van der Waals surface area contributed by atoms with E-state index in [0.29, 0.717) is 22.6 Å². The zero-order valence-electron chi connectivity index (χ0n) is 12.4. The van der Waals surface area contributed by atoms with E-state index in [2.05, 4.69) is 35.1 Å². The standard InChI is InChI=1S/C16H21BrClNO2/c1-10-4-3-5-14(11(10)2)19-16(20)9-21-15-7-6-12(17)8-13(15)18/h6-8,10-11,14H,3-5,9H2,1-2H3,(H,19,20)/t10-,11+,14+/m0/s1. The van der Waals surface area contributed by atoms with Crippen molar-refractivity contribution in [3.05, 3.63) is 27.7 Å². The highest BCUT2D eigenvalue weighted by atomic mass is 79.9. The number of carbonyl (C=O) groups excluding carboxylic acids is 1. The summed E-state index contributed by atoms with van der Waals surface area (Å²) in [6, 6.07) is 5.60. The van der Waals surface area contributed by atoms with Gasteiger partial charge in [0, 0.05) is 10.5 Å². The van der Waals surface area contributed by atoms with Crippen LogP contribution < -0.4 is 10.1 Å². The number of hydrogen-bond donors (Lipinski definition) is 1. The summed E-state index contributed by atoms with van der Waals surface area (Å²) < 4.78 is 6.38. The number of carbonyl (C=O) groups is 1. The van der Waals surface area contributed by atoms with E-state index in [4.69, 9.17) is 16.3 Å². The highest BCUT2D eigenvalue weighted by molar-refractivity contribution is 9.10. The SMILES string of the molecule is C[C@@H]1[C@@H](C)CCC[C@H]1NC(=O)COc1ccc(Br)cc1Cl. The lowest BCUT2D eigenvalue weighted by Gasteiger charge is -2.34. The summed E-state index contributed by atoms with van der Waals surface area (Å²) in [7, 11) is 0. The molecule has 1 fully saturated rings. The first kappa shape index (κ1) is 16.6. The predicted octanol–water partition coefficient (Wildman–Crippen LogP) is 4.42. The Balaban J connectivity index is 1.84. The molecule has 0 aromatic heterocycles. The van der Waals surface area contributed by atoms with Gasteiger partial charge in [0.2, 0.25) is 0 Å². The smallest absolute Gasteiger partial charge is 0.258 e. The Kier molecular flexibility index (Phi) is 5.94. The zero-order valence-corrected chi connectivity index (χ0v) is 14.7. The van der Waals surface area contributed by atoms with Crippen LogP contribution in [0.2, 0.25) is 5.02 Å². The molecule has 21 heavy (non-hydrogen) atoms. The van der Waals surface area contributed by atoms with Crippen LogP contribution in [-0.2, 0) is 4.79 Å². The van der Waals surface area contributed by atoms with Gasteiger partial charge in [0.1, 0.15) is 5.75 Å². The van der Waals surface area contributed by atoms with Gasteiger partial charge in [-0.1, -0.05) is 54.2 Å². The maximum absolute atomic E-state index is 12.0. The summed E-state index contributed by atoms with van der Waals surface area (Å²) in [5.74, 6) is 1.62. The van der Waals surface area contributed by atoms with Crippen molar-refractivity contribution < 1.29 is 9.53 Å². The third-order valence-electron chi connectivity index (χ3n) is 4.31. The molecular weight excluding hydrogens is 354 g/mol. The lowest BCUT2D eigenvalue weighted by molar-refractivity contribution is -0.124. The molecule has 5 heteroatoms. The summed E-state index contributed by atoms with van der Waals surface area (Å²) in [6.07, 6.45) is 3.48. The Bertz CT molecular complexity index is 509. The van der Waals surface area contributed by atoms with E-state index in [1.807, 2.05) is 6.07 Å². The highest BCUT2D eigenvalue weighted by Gasteiger charge is 2.28. The third kappa shape index (κ3) is 4.62. The third-order valence-corrected chi connectivity index (χ3v) is 5.09. The van der Waals surface area contributed by atoms with Crippen LogP contribution in [0.5, 0.6) is 5.75 Å². The number of nitrogens with one attached hydrogen (secondary N) is 1. The monoisotopic (exact) mass is 373 g/mol. The van der Waals surface area contributed by atoms with E-state index in [1.54, 1.807) is 12.1 Å². The van der Waals surface area contributed by atoms with Gasteiger partial charge in [-0.2, -0.15) is 0 Å². The lowest BCUT2D eigenvalue weighted by Crippen LogP contribution is -2.45. The van der Waals surface area contributed by atoms with Crippen LogP contribution in [-0.4, -0.2) is 18.6 Å². The fourth-order valence-electron chi connectivity index (χ4n) is 2.77. The van der Waals surface area contributed by atoms with Gasteiger partial charge in [0.15, 0.2) is 6.61 Å². The van der Waals surface area contributed by atoms with E-state index in [0.717, 1.165) is 10.9 Å². The van der Waals surface area contributed by atoms with Gasteiger partial charge >= 0.3 is 0 Å². The molecule has 3 nitrogen and oxygen atoms in total. The molecule has 0 spiro atoms. The number of amides is 1. The molecule has 1 N–H and O–H groups in total. The fourth-order valence-corrected chi connectivity index (χ4v) is 3.50. The minimum atomic E-state index is -0.0834. The second-order valence-corrected chi connectivity index (χ2v) is 7.13. The Labute approximate surface area is 139 Å². The van der Waals surface area contributed by atoms with Gasteiger partial charge in [-0.25, -0.2) is 0 Å². The molecule has 0 heterocycles. The zero-order chi connectivity index (χ0) is 15.4. The van der Waals surface area contributed by atoms with E-state index in [9.17, 15) is 4.79 Å². The van der Waals surface area contributed by atoms with Crippen LogP contribution in [0.1, 0.15) is 33.1 Å². The summed E-state index contributed by atoms with van der Waals surface area (Å²) in [5, 5.41) is 3.58. The topological polar surface area (TPSA) is 38.3 Å². The van der Waals surface area contributed by atoms with Gasteiger partial charge in [0.05, 0.1) is 5.02 Å². The van der Waals surface area contributed by atoms with Crippen LogP contribution in [0.4, 0.5) is 0 Å². The van der Waals surface area contributed by atoms with Crippen molar-refractivity contribution in [3.63, 3.8) is 0 Å². The number of benzene rings is 1. The van der Waals surface area contributed by atoms with Crippen molar-refractivity contribution in [2.75, 3.05) is 6.61 Å². The highest BCUT2D eigenvalue weighted by Crippen LogP contribution is 2.30. The first-order valence-corrected chi connectivity index (χ1v) is 8.51. The predicted molar refractivity (Wildman–Crippen MR) is 88.8 cm³/mol. The normalized spacial score (nSPS) is 25.4. The van der Waals surface area contributed by atoms with E-state index < -0.39 is 0 Å². The second kappa shape index (κ2) is 7.50. The molecule has 0 aliphatic heterocycles. The second-order valence-electron chi connectivity index (χ2n) is 5.80. The molecule has 116 valence electrons. The summed E-state index contributed by atoms with van der Waals surface area (Å²) in [5.41, 5.74) is 0. The van der Waals surface area contributed by atoms with E-state index >= 15 is 0 Å². The summed E-state index contributed by atoms with van der Waals surface area (Å²) in [4.78, 5) is 12.0. The quantitative estimate of drug-likeness (QED) is 0.847. The van der Waals surface area contributed by atoms with Gasteiger partial charge in [-0.05, 0) is 36.5 Å². The molecule has 0 saturated heterocycles. The van der Waals surface area contributed by atoms with Crippen LogP contribution in [0.3, 0.4) is 0 Å². The van der Waals surface area contributed by atoms with Crippen molar-refractivity contribution in [3.8, 4) is 5.75 Å². The van der Waals surface area contributed by atoms with Crippen molar-refractivity contribution in [2.24, 2.45) is 11.8 Å². The van der Waals surface area contributed by atoms with Gasteiger partial charge in [-0.15, -0.1) is 0 Å². The summed E-state index contributed by atoms with van der Waals surface area (Å²) >= 11 is 9.40. The molecule has 1 aromatic carbocycles. The number of ether oxygens (including phenoxy) is 1. The van der Waals surface area contributed by atoms with E-state index in [1.165, 1.54) is 12.8 Å². The minimum absolute atomic E-state index is 0.00104. The van der Waals surface area contributed by atoms with Crippen LogP contribution in [0.25, 0.3) is 0 Å². The number of halogens is 2. The van der Waals surface area contributed by atoms with Crippen molar-refractivity contribution in [1.82, 2.24) is 5.32 Å². The fraction of sp³-hybridized carbons (Fsp3) is 0.562. The van der Waals surface area contributed by atoms with Crippen LogP contribution >= 0.6 is 27.5 Å². The average Bonchev–Trinajstić information content (AvgIpc) is 2.43. The molecule has 0 radical (unpaired) electrons. The Morgan fingerprint density at radius 2 is 2.19 bits per heavy atom. The molecule has 1 amide bonds. The lowest BCUT2D eigenvalue weighted by atomic mass is 9.78. The summed E-state index contributed by atoms with van der Waals surface area (Å²) in [6.45, 7) is 4.46. The molecule has 1 aliphatic carbocycles. The molecule has 2 rings (SSSR count). The maximum atomic E-state index is 12.0. The Hall–Kier alpha value is -0.740. The molecule has 1 aromatic rings. The molecule has 0 bridgehead atoms. The molecular formula is C16H21BrClNO2. The average molecular weight is 375 g/mol. The number of rotatable bonds is 4. The maximum Gasteiger partial charge on any atom is 0.258 e. The number of hydrogen-bond acceptors (Lipinski definition) is 2. The Morgan fingerprint density at radius 1 is 1.43 bits per heavy atom. The minimum Gasteiger partial charge on any atom is -0.482 e. The molecule has 3 atom stereocenters.